The topological polar surface area (TPSA) is 66.4 Å². The van der Waals surface area contributed by atoms with Crippen molar-refractivity contribution < 1.29 is 13.5 Å². The third-order valence-electron chi connectivity index (χ3n) is 2.86. The van der Waals surface area contributed by atoms with Crippen molar-refractivity contribution in [3.8, 4) is 0 Å². The van der Waals surface area contributed by atoms with Crippen LogP contribution in [0.2, 0.25) is 0 Å². The fraction of sp³-hybridized carbons (Fsp3) is 1.00. The van der Waals surface area contributed by atoms with E-state index in [4.69, 9.17) is 0 Å². The molecule has 0 aromatic carbocycles. The Hall–Kier alpha value is -0.130. The SMILES string of the molecule is CC(C)CS(=O)(=O)NC1CCCCCC1O. The average Bonchev–Trinajstić information content (AvgIpc) is 2.29. The van der Waals surface area contributed by atoms with Crippen molar-refractivity contribution in [2.75, 3.05) is 5.75 Å². The van der Waals surface area contributed by atoms with Crippen LogP contribution in [0.25, 0.3) is 0 Å². The average molecular weight is 249 g/mol. The van der Waals surface area contributed by atoms with Gasteiger partial charge in [0.25, 0.3) is 0 Å². The van der Waals surface area contributed by atoms with E-state index in [0.29, 0.717) is 6.42 Å². The normalized spacial score (nSPS) is 28.0. The Morgan fingerprint density at radius 2 is 1.88 bits per heavy atom. The Labute approximate surface area is 98.5 Å². The van der Waals surface area contributed by atoms with Crippen molar-refractivity contribution in [3.63, 3.8) is 0 Å². The van der Waals surface area contributed by atoms with Crippen LogP contribution in [0.4, 0.5) is 0 Å². The van der Waals surface area contributed by atoms with Gasteiger partial charge in [-0.25, -0.2) is 13.1 Å². The molecule has 1 fully saturated rings. The van der Waals surface area contributed by atoms with E-state index in [0.717, 1.165) is 25.7 Å². The Balaban J connectivity index is 2.57. The van der Waals surface area contributed by atoms with E-state index in [2.05, 4.69) is 4.72 Å². The standard InChI is InChI=1S/C11H23NO3S/c1-9(2)8-16(14,15)12-10-6-4-3-5-7-11(10)13/h9-13H,3-8H2,1-2H3. The maximum Gasteiger partial charge on any atom is 0.212 e. The first-order valence-corrected chi connectivity index (χ1v) is 7.74. The summed E-state index contributed by atoms with van der Waals surface area (Å²) in [5, 5.41) is 9.82. The molecule has 96 valence electrons. The number of rotatable bonds is 4. The van der Waals surface area contributed by atoms with E-state index in [1.165, 1.54) is 0 Å². The molecule has 2 N–H and O–H groups in total. The Bertz CT molecular complexity index is 300. The molecule has 1 saturated carbocycles. The zero-order chi connectivity index (χ0) is 12.2. The molecule has 0 radical (unpaired) electrons. The number of sulfonamides is 1. The molecule has 0 aromatic heterocycles. The highest BCUT2D eigenvalue weighted by molar-refractivity contribution is 7.89. The van der Waals surface area contributed by atoms with Crippen LogP contribution in [0, 0.1) is 5.92 Å². The second-order valence-corrected chi connectivity index (χ2v) is 6.90. The highest BCUT2D eigenvalue weighted by atomic mass is 32.2. The van der Waals surface area contributed by atoms with E-state index in [1.807, 2.05) is 13.8 Å². The van der Waals surface area contributed by atoms with Crippen LogP contribution in [-0.2, 0) is 10.0 Å². The van der Waals surface area contributed by atoms with Gasteiger partial charge in [-0.3, -0.25) is 0 Å². The summed E-state index contributed by atoms with van der Waals surface area (Å²) in [7, 11) is -3.24. The second kappa shape index (κ2) is 5.98. The van der Waals surface area contributed by atoms with Gasteiger partial charge in [0.1, 0.15) is 0 Å². The molecule has 1 rings (SSSR count). The first-order chi connectivity index (χ1) is 7.41. The van der Waals surface area contributed by atoms with Crippen LogP contribution < -0.4 is 4.72 Å². The van der Waals surface area contributed by atoms with Crippen molar-refractivity contribution in [2.45, 2.75) is 58.1 Å². The second-order valence-electron chi connectivity index (χ2n) is 5.10. The van der Waals surface area contributed by atoms with Gasteiger partial charge in [0.05, 0.1) is 11.9 Å². The van der Waals surface area contributed by atoms with Gasteiger partial charge >= 0.3 is 0 Å². The van der Waals surface area contributed by atoms with Crippen LogP contribution in [-0.4, -0.2) is 31.4 Å². The molecule has 4 nitrogen and oxygen atoms in total. The number of aliphatic hydroxyl groups excluding tert-OH is 1. The number of aliphatic hydroxyl groups is 1. The van der Waals surface area contributed by atoms with Crippen LogP contribution in [0.3, 0.4) is 0 Å². The van der Waals surface area contributed by atoms with Crippen molar-refractivity contribution >= 4 is 10.0 Å². The maximum absolute atomic E-state index is 11.7. The van der Waals surface area contributed by atoms with Crippen LogP contribution in [0.15, 0.2) is 0 Å². The van der Waals surface area contributed by atoms with Gasteiger partial charge in [0.15, 0.2) is 0 Å². The van der Waals surface area contributed by atoms with Crippen molar-refractivity contribution in [1.82, 2.24) is 4.72 Å². The van der Waals surface area contributed by atoms with Crippen molar-refractivity contribution in [3.05, 3.63) is 0 Å². The molecular formula is C11H23NO3S. The molecule has 0 amide bonds. The summed E-state index contributed by atoms with van der Waals surface area (Å²) in [4.78, 5) is 0. The summed E-state index contributed by atoms with van der Waals surface area (Å²) in [5.74, 6) is 0.247. The molecule has 0 spiro atoms. The van der Waals surface area contributed by atoms with E-state index < -0.39 is 16.1 Å². The third-order valence-corrected chi connectivity index (χ3v) is 4.63. The first-order valence-electron chi connectivity index (χ1n) is 6.09. The molecule has 2 atom stereocenters. The Kier molecular flexibility index (Phi) is 5.21. The number of hydrogen-bond acceptors (Lipinski definition) is 3. The van der Waals surface area contributed by atoms with Gasteiger partial charge in [-0.1, -0.05) is 33.1 Å². The fourth-order valence-corrected chi connectivity index (χ4v) is 3.85. The molecule has 0 bridgehead atoms. The van der Waals surface area contributed by atoms with Crippen LogP contribution in [0.1, 0.15) is 46.0 Å². The van der Waals surface area contributed by atoms with E-state index >= 15 is 0 Å². The van der Waals surface area contributed by atoms with E-state index in [1.54, 1.807) is 0 Å². The lowest BCUT2D eigenvalue weighted by Crippen LogP contribution is -2.44. The van der Waals surface area contributed by atoms with Gasteiger partial charge in [-0.05, 0) is 18.8 Å². The lowest BCUT2D eigenvalue weighted by molar-refractivity contribution is 0.130. The summed E-state index contributed by atoms with van der Waals surface area (Å²) >= 11 is 0. The molecule has 0 aliphatic heterocycles. The number of hydrogen-bond donors (Lipinski definition) is 2. The van der Waals surface area contributed by atoms with Gasteiger partial charge in [-0.2, -0.15) is 0 Å². The molecule has 16 heavy (non-hydrogen) atoms. The lowest BCUT2D eigenvalue weighted by Gasteiger charge is -2.22. The van der Waals surface area contributed by atoms with E-state index in [-0.39, 0.29) is 17.7 Å². The predicted octanol–water partition coefficient (Wildman–Crippen LogP) is 1.26. The smallest absolute Gasteiger partial charge is 0.212 e. The molecule has 1 aliphatic carbocycles. The highest BCUT2D eigenvalue weighted by Crippen LogP contribution is 2.18. The summed E-state index contributed by atoms with van der Waals surface area (Å²) in [6.07, 6.45) is 3.99. The molecule has 2 unspecified atom stereocenters. The third kappa shape index (κ3) is 4.80. The molecule has 1 aliphatic rings. The largest absolute Gasteiger partial charge is 0.391 e. The van der Waals surface area contributed by atoms with Crippen molar-refractivity contribution in [1.29, 1.82) is 0 Å². The summed E-state index contributed by atoms with van der Waals surface area (Å²) < 4.78 is 26.1. The van der Waals surface area contributed by atoms with E-state index in [9.17, 15) is 13.5 Å². The Morgan fingerprint density at radius 3 is 2.50 bits per heavy atom. The Morgan fingerprint density at radius 1 is 1.25 bits per heavy atom. The minimum Gasteiger partial charge on any atom is -0.391 e. The van der Waals surface area contributed by atoms with Crippen molar-refractivity contribution in [2.24, 2.45) is 5.92 Å². The predicted molar refractivity (Wildman–Crippen MR) is 64.6 cm³/mol. The molecular weight excluding hydrogens is 226 g/mol. The quantitative estimate of drug-likeness (QED) is 0.737. The van der Waals surface area contributed by atoms with Gasteiger partial charge < -0.3 is 5.11 Å². The first kappa shape index (κ1) is 13.9. The molecule has 0 heterocycles. The van der Waals surface area contributed by atoms with Gasteiger partial charge in [0.2, 0.25) is 10.0 Å². The molecule has 0 aromatic rings. The monoisotopic (exact) mass is 249 g/mol. The minimum atomic E-state index is -3.24. The van der Waals surface area contributed by atoms with Gasteiger partial charge in [-0.15, -0.1) is 0 Å². The highest BCUT2D eigenvalue weighted by Gasteiger charge is 2.26. The van der Waals surface area contributed by atoms with Crippen LogP contribution >= 0.6 is 0 Å². The lowest BCUT2D eigenvalue weighted by atomic mass is 10.1. The number of nitrogens with one attached hydrogen (secondary N) is 1. The maximum atomic E-state index is 11.7. The molecule has 5 heteroatoms. The minimum absolute atomic E-state index is 0.112. The van der Waals surface area contributed by atoms with Gasteiger partial charge in [0, 0.05) is 6.04 Å². The fourth-order valence-electron chi connectivity index (χ4n) is 2.14. The summed E-state index contributed by atoms with van der Waals surface area (Å²) in [5.41, 5.74) is 0. The summed E-state index contributed by atoms with van der Waals surface area (Å²) in [6.45, 7) is 3.76. The zero-order valence-corrected chi connectivity index (χ0v) is 11.0. The van der Waals surface area contributed by atoms with Crippen LogP contribution in [0.5, 0.6) is 0 Å². The summed E-state index contributed by atoms with van der Waals surface area (Å²) in [6, 6.07) is -0.286. The zero-order valence-electron chi connectivity index (χ0n) is 10.1. The molecule has 0 saturated heterocycles.